The molecule has 0 aliphatic heterocycles. The van der Waals surface area contributed by atoms with Crippen LogP contribution in [0.2, 0.25) is 0 Å². The van der Waals surface area contributed by atoms with Crippen LogP contribution in [0.3, 0.4) is 0 Å². The fourth-order valence-electron chi connectivity index (χ4n) is 1.77. The van der Waals surface area contributed by atoms with E-state index < -0.39 is 11.9 Å². The van der Waals surface area contributed by atoms with E-state index in [0.29, 0.717) is 6.42 Å². The summed E-state index contributed by atoms with van der Waals surface area (Å²) in [6.07, 6.45) is 1.25. The number of nitrogens with one attached hydrogen (secondary N) is 1. The van der Waals surface area contributed by atoms with Gasteiger partial charge in [0.15, 0.2) is 0 Å². The lowest BCUT2D eigenvalue weighted by Gasteiger charge is -2.14. The van der Waals surface area contributed by atoms with Crippen LogP contribution in [0.25, 0.3) is 0 Å². The number of anilines is 1. The first-order valence-electron chi connectivity index (χ1n) is 6.10. The highest BCUT2D eigenvalue weighted by molar-refractivity contribution is 6.04. The number of benzene rings is 1. The van der Waals surface area contributed by atoms with Crippen LogP contribution < -0.4 is 5.32 Å². The van der Waals surface area contributed by atoms with E-state index >= 15 is 0 Å². The normalized spacial score (nSPS) is 11.7. The molecule has 1 N–H and O–H groups in total. The number of hydrogen-bond acceptors (Lipinski definition) is 3. The average molecular weight is 249 g/mol. The number of para-hydroxylation sites is 1. The predicted molar refractivity (Wildman–Crippen MR) is 70.2 cm³/mol. The molecule has 0 fully saturated rings. The number of carbonyl (C=O) groups excluding carboxylic acids is 2. The van der Waals surface area contributed by atoms with Crippen LogP contribution in [-0.2, 0) is 20.7 Å². The largest absolute Gasteiger partial charge is 0.468 e. The van der Waals surface area contributed by atoms with Gasteiger partial charge >= 0.3 is 5.97 Å². The van der Waals surface area contributed by atoms with Gasteiger partial charge in [-0.1, -0.05) is 32.0 Å². The number of rotatable bonds is 5. The highest BCUT2D eigenvalue weighted by Gasteiger charge is 2.25. The Balaban J connectivity index is 2.83. The summed E-state index contributed by atoms with van der Waals surface area (Å²) in [5.74, 6) is -1.56. The van der Waals surface area contributed by atoms with Gasteiger partial charge in [0, 0.05) is 5.69 Å². The Bertz CT molecular complexity index is 429. The van der Waals surface area contributed by atoms with Gasteiger partial charge in [0.25, 0.3) is 0 Å². The van der Waals surface area contributed by atoms with E-state index in [1.165, 1.54) is 7.11 Å². The molecular formula is C14H19NO3. The monoisotopic (exact) mass is 249 g/mol. The summed E-state index contributed by atoms with van der Waals surface area (Å²) in [6.45, 7) is 3.80. The van der Waals surface area contributed by atoms with Crippen molar-refractivity contribution in [2.45, 2.75) is 26.7 Å². The third-order valence-electron chi connectivity index (χ3n) is 2.87. The average Bonchev–Trinajstić information content (AvgIpc) is 2.39. The number of ether oxygens (including phenoxy) is 1. The van der Waals surface area contributed by atoms with E-state index in [1.54, 1.807) is 6.92 Å². The second-order valence-corrected chi connectivity index (χ2v) is 3.98. The van der Waals surface area contributed by atoms with Gasteiger partial charge in [-0.3, -0.25) is 9.59 Å². The van der Waals surface area contributed by atoms with Gasteiger partial charge in [0.1, 0.15) is 5.92 Å². The SMILES string of the molecule is CCc1ccccc1NC(=O)C(CC)C(=O)OC. The lowest BCUT2D eigenvalue weighted by molar-refractivity contribution is -0.148. The van der Waals surface area contributed by atoms with Crippen LogP contribution in [0.1, 0.15) is 25.8 Å². The van der Waals surface area contributed by atoms with Crippen molar-refractivity contribution < 1.29 is 14.3 Å². The summed E-state index contributed by atoms with van der Waals surface area (Å²) < 4.78 is 4.62. The zero-order valence-electron chi connectivity index (χ0n) is 11.0. The molecule has 0 bridgehead atoms. The van der Waals surface area contributed by atoms with Crippen LogP contribution in [-0.4, -0.2) is 19.0 Å². The molecule has 1 atom stereocenters. The fourth-order valence-corrected chi connectivity index (χ4v) is 1.77. The van der Waals surface area contributed by atoms with Gasteiger partial charge in [-0.15, -0.1) is 0 Å². The summed E-state index contributed by atoms with van der Waals surface area (Å²) in [4.78, 5) is 23.4. The standard InChI is InChI=1S/C14H19NO3/c1-4-10-8-6-7-9-12(10)15-13(16)11(5-2)14(17)18-3/h6-9,11H,4-5H2,1-3H3,(H,15,16). The van der Waals surface area contributed by atoms with Crippen molar-refractivity contribution in [3.05, 3.63) is 29.8 Å². The van der Waals surface area contributed by atoms with Crippen LogP contribution in [0.4, 0.5) is 5.69 Å². The maximum absolute atomic E-state index is 12.0. The summed E-state index contributed by atoms with van der Waals surface area (Å²) in [5, 5.41) is 2.79. The Morgan fingerprint density at radius 3 is 2.50 bits per heavy atom. The van der Waals surface area contributed by atoms with E-state index in [-0.39, 0.29) is 5.91 Å². The molecule has 4 nitrogen and oxygen atoms in total. The number of esters is 1. The number of methoxy groups -OCH3 is 1. The van der Waals surface area contributed by atoms with Crippen molar-refractivity contribution in [3.63, 3.8) is 0 Å². The third-order valence-corrected chi connectivity index (χ3v) is 2.87. The minimum atomic E-state index is -0.750. The zero-order valence-corrected chi connectivity index (χ0v) is 11.0. The minimum absolute atomic E-state index is 0.315. The molecule has 0 aromatic heterocycles. The van der Waals surface area contributed by atoms with Crippen LogP contribution >= 0.6 is 0 Å². The smallest absolute Gasteiger partial charge is 0.318 e. The first kappa shape index (κ1) is 14.2. The molecule has 4 heteroatoms. The van der Waals surface area contributed by atoms with E-state index in [0.717, 1.165) is 17.7 Å². The predicted octanol–water partition coefficient (Wildman–Crippen LogP) is 2.39. The highest BCUT2D eigenvalue weighted by Crippen LogP contribution is 2.17. The highest BCUT2D eigenvalue weighted by atomic mass is 16.5. The van der Waals surface area contributed by atoms with Crippen LogP contribution in [0.5, 0.6) is 0 Å². The van der Waals surface area contributed by atoms with Gasteiger partial charge in [0.2, 0.25) is 5.91 Å². The van der Waals surface area contributed by atoms with Crippen LogP contribution in [0, 0.1) is 5.92 Å². The number of carbonyl (C=O) groups is 2. The summed E-state index contributed by atoms with van der Waals surface area (Å²) in [5.41, 5.74) is 1.80. The van der Waals surface area contributed by atoms with Gasteiger partial charge in [-0.2, -0.15) is 0 Å². The van der Waals surface area contributed by atoms with Crippen molar-refractivity contribution in [2.24, 2.45) is 5.92 Å². The molecule has 1 rings (SSSR count). The quantitative estimate of drug-likeness (QED) is 0.644. The topological polar surface area (TPSA) is 55.4 Å². The second kappa shape index (κ2) is 6.79. The van der Waals surface area contributed by atoms with Crippen molar-refractivity contribution in [3.8, 4) is 0 Å². The lowest BCUT2D eigenvalue weighted by atomic mass is 10.0. The van der Waals surface area contributed by atoms with E-state index in [2.05, 4.69) is 10.1 Å². The summed E-state index contributed by atoms with van der Waals surface area (Å²) >= 11 is 0. The first-order valence-corrected chi connectivity index (χ1v) is 6.10. The van der Waals surface area contributed by atoms with Crippen molar-refractivity contribution in [2.75, 3.05) is 12.4 Å². The molecule has 0 saturated heterocycles. The molecule has 0 heterocycles. The molecular weight excluding hydrogens is 230 g/mol. The van der Waals surface area contributed by atoms with Gasteiger partial charge in [-0.25, -0.2) is 0 Å². The first-order chi connectivity index (χ1) is 8.63. The molecule has 18 heavy (non-hydrogen) atoms. The Labute approximate surface area is 107 Å². The molecule has 1 aromatic carbocycles. The number of aryl methyl sites for hydroxylation is 1. The summed E-state index contributed by atoms with van der Waals surface area (Å²) in [6, 6.07) is 7.56. The molecule has 98 valence electrons. The Morgan fingerprint density at radius 1 is 1.28 bits per heavy atom. The number of hydrogen-bond donors (Lipinski definition) is 1. The van der Waals surface area contributed by atoms with E-state index in [9.17, 15) is 9.59 Å². The van der Waals surface area contributed by atoms with Crippen molar-refractivity contribution in [1.82, 2.24) is 0 Å². The van der Waals surface area contributed by atoms with Gasteiger partial charge in [-0.05, 0) is 24.5 Å². The second-order valence-electron chi connectivity index (χ2n) is 3.98. The zero-order chi connectivity index (χ0) is 13.5. The Morgan fingerprint density at radius 2 is 1.94 bits per heavy atom. The van der Waals surface area contributed by atoms with Crippen LogP contribution in [0.15, 0.2) is 24.3 Å². The maximum atomic E-state index is 12.0. The molecule has 0 spiro atoms. The Kier molecular flexibility index (Phi) is 5.36. The minimum Gasteiger partial charge on any atom is -0.468 e. The third kappa shape index (κ3) is 3.32. The molecule has 0 radical (unpaired) electrons. The maximum Gasteiger partial charge on any atom is 0.318 e. The van der Waals surface area contributed by atoms with Crippen molar-refractivity contribution >= 4 is 17.6 Å². The molecule has 1 aromatic rings. The molecule has 0 saturated carbocycles. The molecule has 0 aliphatic carbocycles. The summed E-state index contributed by atoms with van der Waals surface area (Å²) in [7, 11) is 1.29. The molecule has 1 unspecified atom stereocenters. The van der Waals surface area contributed by atoms with Crippen molar-refractivity contribution in [1.29, 1.82) is 0 Å². The molecule has 1 amide bonds. The molecule has 0 aliphatic rings. The van der Waals surface area contributed by atoms with Gasteiger partial charge in [0.05, 0.1) is 7.11 Å². The van der Waals surface area contributed by atoms with E-state index in [4.69, 9.17) is 0 Å². The van der Waals surface area contributed by atoms with Gasteiger partial charge < -0.3 is 10.1 Å². The number of amides is 1. The lowest BCUT2D eigenvalue weighted by Crippen LogP contribution is -2.30. The fraction of sp³-hybridized carbons (Fsp3) is 0.429. The van der Waals surface area contributed by atoms with E-state index in [1.807, 2.05) is 31.2 Å². The Hall–Kier alpha value is -1.84.